The van der Waals surface area contributed by atoms with E-state index < -0.39 is 18.2 Å². The van der Waals surface area contributed by atoms with E-state index in [1.54, 1.807) is 0 Å². The van der Waals surface area contributed by atoms with Gasteiger partial charge < -0.3 is 20.3 Å². The van der Waals surface area contributed by atoms with Crippen molar-refractivity contribution in [3.63, 3.8) is 0 Å². The lowest BCUT2D eigenvalue weighted by Crippen LogP contribution is -2.46. The Hall–Kier alpha value is -2.70. The molecule has 3 N–H and O–H groups in total. The fourth-order valence-electron chi connectivity index (χ4n) is 8.69. The summed E-state index contributed by atoms with van der Waals surface area (Å²) in [5.74, 6) is -0.564. The van der Waals surface area contributed by atoms with E-state index in [2.05, 4.69) is 92.9 Å². The van der Waals surface area contributed by atoms with Gasteiger partial charge in [0.15, 0.2) is 0 Å². The maximum absolute atomic E-state index is 13.3. The number of rotatable bonds is 52. The quantitative estimate of drug-likeness (QED) is 0.0321. The number of amides is 1. The standard InChI is InChI=1S/C62H111NO5/c1-4-7-10-13-16-19-22-25-28-29-30-31-34-37-40-43-46-49-52-55-62(67)68-58(53-50-47-44-41-38-35-32-26-23-20-17-14-11-8-5-2)56-61(66)63-59(57-64)60(65)54-51-48-45-42-39-36-33-27-24-21-18-15-12-9-6-3/h7,10,16,19,25,28,30-31,37,40,46,49,58-60,64-65H,4-6,8-9,11-15,17-18,20-24,26-27,29,32-36,38-39,41-45,47-48,50-57H2,1-3H3,(H,63,66)/b10-7-,19-16-,28-25-,31-30-,40-37-,49-46-. The number of aliphatic hydroxyl groups excluding tert-OH is 2. The summed E-state index contributed by atoms with van der Waals surface area (Å²) in [7, 11) is 0. The molecule has 0 aliphatic heterocycles. The summed E-state index contributed by atoms with van der Waals surface area (Å²) in [6.45, 7) is 6.38. The third-order valence-electron chi connectivity index (χ3n) is 13.1. The van der Waals surface area contributed by atoms with Gasteiger partial charge in [0.05, 0.1) is 25.2 Å². The monoisotopic (exact) mass is 950 g/mol. The molecule has 6 heteroatoms. The average Bonchev–Trinajstić information content (AvgIpc) is 3.33. The van der Waals surface area contributed by atoms with E-state index in [1.807, 2.05) is 6.08 Å². The second-order valence-electron chi connectivity index (χ2n) is 19.7. The van der Waals surface area contributed by atoms with Gasteiger partial charge in [0.1, 0.15) is 6.10 Å². The van der Waals surface area contributed by atoms with Crippen LogP contribution in [0.15, 0.2) is 72.9 Å². The summed E-state index contributed by atoms with van der Waals surface area (Å²) < 4.78 is 5.92. The van der Waals surface area contributed by atoms with Crippen LogP contribution in [-0.2, 0) is 14.3 Å². The van der Waals surface area contributed by atoms with Gasteiger partial charge in [-0.3, -0.25) is 9.59 Å². The molecule has 0 aliphatic carbocycles. The first kappa shape index (κ1) is 65.3. The molecule has 0 aromatic carbocycles. The van der Waals surface area contributed by atoms with Crippen molar-refractivity contribution in [3.05, 3.63) is 72.9 Å². The van der Waals surface area contributed by atoms with Crippen LogP contribution in [0.25, 0.3) is 0 Å². The van der Waals surface area contributed by atoms with E-state index in [0.717, 1.165) is 77.0 Å². The van der Waals surface area contributed by atoms with Gasteiger partial charge in [-0.25, -0.2) is 0 Å². The number of esters is 1. The lowest BCUT2D eigenvalue weighted by molar-refractivity contribution is -0.150. The smallest absolute Gasteiger partial charge is 0.306 e. The zero-order chi connectivity index (χ0) is 49.5. The highest BCUT2D eigenvalue weighted by Gasteiger charge is 2.24. The molecule has 0 rings (SSSR count). The fourth-order valence-corrected chi connectivity index (χ4v) is 8.69. The molecule has 0 bridgehead atoms. The Morgan fingerprint density at radius 3 is 1.12 bits per heavy atom. The summed E-state index contributed by atoms with van der Waals surface area (Å²) in [6.07, 6.45) is 71.2. The summed E-state index contributed by atoms with van der Waals surface area (Å²) in [4.78, 5) is 26.3. The molecule has 0 aliphatic rings. The Labute approximate surface area is 421 Å². The van der Waals surface area contributed by atoms with Gasteiger partial charge in [0.25, 0.3) is 0 Å². The number of nitrogens with one attached hydrogen (secondary N) is 1. The van der Waals surface area contributed by atoms with Crippen molar-refractivity contribution >= 4 is 11.9 Å². The predicted octanol–water partition coefficient (Wildman–Crippen LogP) is 18.1. The third-order valence-corrected chi connectivity index (χ3v) is 13.1. The largest absolute Gasteiger partial charge is 0.462 e. The Kier molecular flexibility index (Phi) is 53.0. The van der Waals surface area contributed by atoms with Crippen LogP contribution in [0.1, 0.15) is 284 Å². The third kappa shape index (κ3) is 49.7. The number of ether oxygens (including phenoxy) is 1. The molecule has 3 unspecified atom stereocenters. The molecule has 0 saturated carbocycles. The van der Waals surface area contributed by atoms with E-state index in [4.69, 9.17) is 4.74 Å². The van der Waals surface area contributed by atoms with Gasteiger partial charge in [-0.15, -0.1) is 0 Å². The molecule has 3 atom stereocenters. The molecule has 0 fully saturated rings. The number of carbonyl (C=O) groups is 2. The number of hydrogen-bond acceptors (Lipinski definition) is 5. The first-order chi connectivity index (χ1) is 33.5. The van der Waals surface area contributed by atoms with Gasteiger partial charge in [0, 0.05) is 6.42 Å². The van der Waals surface area contributed by atoms with Crippen LogP contribution in [0.5, 0.6) is 0 Å². The zero-order valence-electron chi connectivity index (χ0n) is 45.0. The van der Waals surface area contributed by atoms with Gasteiger partial charge in [0.2, 0.25) is 5.91 Å². The van der Waals surface area contributed by atoms with Crippen molar-refractivity contribution in [1.29, 1.82) is 0 Å². The highest BCUT2D eigenvalue weighted by atomic mass is 16.5. The highest BCUT2D eigenvalue weighted by molar-refractivity contribution is 5.77. The Morgan fingerprint density at radius 1 is 0.441 bits per heavy atom. The summed E-state index contributed by atoms with van der Waals surface area (Å²) >= 11 is 0. The number of carbonyl (C=O) groups excluding carboxylic acids is 2. The second-order valence-corrected chi connectivity index (χ2v) is 19.7. The number of hydrogen-bond donors (Lipinski definition) is 3. The number of allylic oxidation sites excluding steroid dienone is 12. The van der Waals surface area contributed by atoms with Crippen molar-refractivity contribution < 1.29 is 24.5 Å². The molecule has 6 nitrogen and oxygen atoms in total. The van der Waals surface area contributed by atoms with E-state index >= 15 is 0 Å². The predicted molar refractivity (Wildman–Crippen MR) is 296 cm³/mol. The summed E-state index contributed by atoms with van der Waals surface area (Å²) in [6, 6.07) is -0.718. The van der Waals surface area contributed by atoms with E-state index in [1.165, 1.54) is 154 Å². The van der Waals surface area contributed by atoms with Crippen LogP contribution in [0.3, 0.4) is 0 Å². The van der Waals surface area contributed by atoms with Crippen LogP contribution in [0.4, 0.5) is 0 Å². The molecular formula is C62H111NO5. The molecular weight excluding hydrogens is 839 g/mol. The molecule has 0 aromatic rings. The maximum atomic E-state index is 13.3. The molecule has 0 saturated heterocycles. The minimum atomic E-state index is -0.802. The highest BCUT2D eigenvalue weighted by Crippen LogP contribution is 2.18. The normalized spacial score (nSPS) is 13.7. The number of aliphatic hydroxyl groups is 2. The molecule has 0 spiro atoms. The zero-order valence-corrected chi connectivity index (χ0v) is 45.0. The number of unbranched alkanes of at least 4 members (excludes halogenated alkanes) is 28. The van der Waals surface area contributed by atoms with E-state index in [9.17, 15) is 19.8 Å². The lowest BCUT2D eigenvalue weighted by atomic mass is 10.0. The minimum absolute atomic E-state index is 0.0480. The summed E-state index contributed by atoms with van der Waals surface area (Å²) in [5.41, 5.74) is 0. The van der Waals surface area contributed by atoms with Crippen molar-refractivity contribution in [1.82, 2.24) is 5.32 Å². The Balaban J connectivity index is 4.65. The van der Waals surface area contributed by atoms with Gasteiger partial charge in [-0.2, -0.15) is 0 Å². The molecule has 68 heavy (non-hydrogen) atoms. The van der Waals surface area contributed by atoms with Crippen LogP contribution in [0, 0.1) is 0 Å². The molecule has 1 amide bonds. The first-order valence-electron chi connectivity index (χ1n) is 29.2. The Bertz CT molecular complexity index is 1250. The molecule has 394 valence electrons. The van der Waals surface area contributed by atoms with Crippen LogP contribution < -0.4 is 5.32 Å². The van der Waals surface area contributed by atoms with Crippen molar-refractivity contribution in [2.45, 2.75) is 302 Å². The molecule has 0 aromatic heterocycles. The molecule has 0 heterocycles. The first-order valence-corrected chi connectivity index (χ1v) is 29.2. The molecule has 0 radical (unpaired) electrons. The fraction of sp³-hybridized carbons (Fsp3) is 0.774. The average molecular weight is 951 g/mol. The topological polar surface area (TPSA) is 95.9 Å². The SMILES string of the molecule is CC/C=C\C/C=C\C/C=C\C/C=C\C/C=C\C/C=C\CCC(=O)OC(CCCCCCCCCCCCCCCCC)CC(=O)NC(CO)C(O)CCCCCCCCCCCCCCCCC. The van der Waals surface area contributed by atoms with Crippen LogP contribution >= 0.6 is 0 Å². The minimum Gasteiger partial charge on any atom is -0.462 e. The maximum Gasteiger partial charge on any atom is 0.306 e. The van der Waals surface area contributed by atoms with Crippen molar-refractivity contribution in [3.8, 4) is 0 Å². The van der Waals surface area contributed by atoms with Crippen LogP contribution in [0.2, 0.25) is 0 Å². The summed E-state index contributed by atoms with van der Waals surface area (Å²) in [5, 5.41) is 23.9. The van der Waals surface area contributed by atoms with Gasteiger partial charge >= 0.3 is 5.97 Å². The van der Waals surface area contributed by atoms with Gasteiger partial charge in [-0.05, 0) is 64.2 Å². The second kappa shape index (κ2) is 55.2. The van der Waals surface area contributed by atoms with Crippen molar-refractivity contribution in [2.24, 2.45) is 0 Å². The van der Waals surface area contributed by atoms with E-state index in [-0.39, 0.29) is 31.3 Å². The Morgan fingerprint density at radius 2 is 0.765 bits per heavy atom. The van der Waals surface area contributed by atoms with E-state index in [0.29, 0.717) is 19.3 Å². The lowest BCUT2D eigenvalue weighted by Gasteiger charge is -2.24. The van der Waals surface area contributed by atoms with Crippen LogP contribution in [-0.4, -0.2) is 46.9 Å². The van der Waals surface area contributed by atoms with Gasteiger partial charge in [-0.1, -0.05) is 280 Å². The van der Waals surface area contributed by atoms with Crippen molar-refractivity contribution in [2.75, 3.05) is 6.61 Å².